The van der Waals surface area contributed by atoms with Crippen molar-refractivity contribution in [2.75, 3.05) is 12.0 Å². The van der Waals surface area contributed by atoms with Gasteiger partial charge in [-0.05, 0) is 53.1 Å². The Hall–Kier alpha value is -3.73. The molecule has 0 aliphatic heterocycles. The van der Waals surface area contributed by atoms with Gasteiger partial charge in [0.15, 0.2) is 0 Å². The van der Waals surface area contributed by atoms with E-state index in [2.05, 4.69) is 20.4 Å². The second-order valence-corrected chi connectivity index (χ2v) is 10.6. The van der Waals surface area contributed by atoms with Crippen LogP contribution >= 0.6 is 11.3 Å². The Balaban J connectivity index is 1.86. The normalized spacial score (nSPS) is 12.7. The van der Waals surface area contributed by atoms with Gasteiger partial charge in [-0.2, -0.15) is 44.3 Å². The van der Waals surface area contributed by atoms with Gasteiger partial charge < -0.3 is 9.64 Å². The van der Waals surface area contributed by atoms with Crippen LogP contribution in [0.3, 0.4) is 0 Å². The van der Waals surface area contributed by atoms with E-state index in [0.29, 0.717) is 29.3 Å². The van der Waals surface area contributed by atoms with Crippen molar-refractivity contribution >= 4 is 17.3 Å². The van der Waals surface area contributed by atoms with Crippen LogP contribution in [0.1, 0.15) is 44.6 Å². The Bertz CT molecular complexity index is 1540. The topological polar surface area (TPSA) is 69.0 Å². The first-order chi connectivity index (χ1) is 20.0. The fourth-order valence-corrected chi connectivity index (χ4v) is 5.30. The van der Waals surface area contributed by atoms with Crippen LogP contribution < -0.4 is 4.90 Å². The molecule has 232 valence electrons. The van der Waals surface area contributed by atoms with Crippen molar-refractivity contribution in [3.05, 3.63) is 74.1 Å². The van der Waals surface area contributed by atoms with E-state index in [9.17, 15) is 39.5 Å². The molecule has 0 bridgehead atoms. The molecular formula is C26H23F9N6OS. The third-order valence-electron chi connectivity index (χ3n) is 6.18. The summed E-state index contributed by atoms with van der Waals surface area (Å²) in [6.07, 6.45) is -14.5. The molecule has 0 aliphatic carbocycles. The number of halogens is 9. The molecule has 0 fully saturated rings. The minimum atomic E-state index is -5.10. The van der Waals surface area contributed by atoms with Crippen molar-refractivity contribution in [3.8, 4) is 11.3 Å². The van der Waals surface area contributed by atoms with E-state index in [1.54, 1.807) is 0 Å². The number of tetrazole rings is 1. The predicted octanol–water partition coefficient (Wildman–Crippen LogP) is 7.31. The van der Waals surface area contributed by atoms with Crippen LogP contribution in [0.2, 0.25) is 0 Å². The monoisotopic (exact) mass is 638 g/mol. The standard InChI is InChI=1S/C26H23F9N6OS/c1-4-20-22(36-21(43-20)13-42-3)19-6-5-16(24(27,28)29)9-15(19)12-41(23-37-39-40(2)38-23)11-14-7-17(25(30,31)32)10-18(8-14)26(33,34)35/h5-10H,4,11-13H2,1-3H3. The van der Waals surface area contributed by atoms with E-state index in [1.807, 2.05) is 6.92 Å². The molecule has 17 heteroatoms. The second-order valence-electron chi connectivity index (χ2n) is 9.38. The number of ether oxygens (including phenoxy) is 1. The lowest BCUT2D eigenvalue weighted by atomic mass is 9.99. The van der Waals surface area contributed by atoms with Crippen LogP contribution in [-0.4, -0.2) is 32.3 Å². The molecule has 43 heavy (non-hydrogen) atoms. The summed E-state index contributed by atoms with van der Waals surface area (Å²) in [4.78, 5) is 7.42. The summed E-state index contributed by atoms with van der Waals surface area (Å²) in [5, 5.41) is 12.1. The van der Waals surface area contributed by atoms with Gasteiger partial charge in [0.1, 0.15) is 5.01 Å². The van der Waals surface area contributed by atoms with Crippen LogP contribution in [0, 0.1) is 0 Å². The molecule has 0 N–H and O–H groups in total. The van der Waals surface area contributed by atoms with Crippen LogP contribution in [0.4, 0.5) is 45.5 Å². The van der Waals surface area contributed by atoms with Gasteiger partial charge in [-0.25, -0.2) is 4.98 Å². The highest BCUT2D eigenvalue weighted by atomic mass is 32.1. The number of hydrogen-bond acceptors (Lipinski definition) is 7. The first-order valence-corrected chi connectivity index (χ1v) is 13.3. The van der Waals surface area contributed by atoms with E-state index in [4.69, 9.17) is 4.74 Å². The number of thiazole rings is 1. The van der Waals surface area contributed by atoms with Gasteiger partial charge in [0, 0.05) is 30.6 Å². The molecule has 2 heterocycles. The van der Waals surface area contributed by atoms with Gasteiger partial charge in [0.25, 0.3) is 5.95 Å². The molecule has 0 radical (unpaired) electrons. The summed E-state index contributed by atoms with van der Waals surface area (Å²) in [6, 6.07) is 4.04. The largest absolute Gasteiger partial charge is 0.416 e. The summed E-state index contributed by atoms with van der Waals surface area (Å²) >= 11 is 1.30. The average Bonchev–Trinajstić information content (AvgIpc) is 3.52. The smallest absolute Gasteiger partial charge is 0.378 e. The Morgan fingerprint density at radius 3 is 2.00 bits per heavy atom. The number of methoxy groups -OCH3 is 1. The molecule has 4 aromatic rings. The molecule has 4 rings (SSSR count). The summed E-state index contributed by atoms with van der Waals surface area (Å²) in [7, 11) is 2.83. The maximum atomic E-state index is 13.8. The van der Waals surface area contributed by atoms with E-state index >= 15 is 0 Å². The summed E-state index contributed by atoms with van der Waals surface area (Å²) in [6.45, 7) is 0.920. The zero-order valence-corrected chi connectivity index (χ0v) is 23.5. The average molecular weight is 639 g/mol. The van der Waals surface area contributed by atoms with Crippen molar-refractivity contribution in [1.29, 1.82) is 0 Å². The van der Waals surface area contributed by atoms with Crippen molar-refractivity contribution in [1.82, 2.24) is 25.2 Å². The number of nitrogens with zero attached hydrogens (tertiary/aromatic N) is 6. The van der Waals surface area contributed by atoms with E-state index in [-0.39, 0.29) is 29.7 Å². The number of benzene rings is 2. The van der Waals surface area contributed by atoms with Gasteiger partial charge in [-0.15, -0.1) is 16.4 Å². The predicted molar refractivity (Wildman–Crippen MR) is 138 cm³/mol. The zero-order chi connectivity index (χ0) is 31.7. The maximum absolute atomic E-state index is 13.8. The fraction of sp³-hybridized carbons (Fsp3) is 0.385. The third-order valence-corrected chi connectivity index (χ3v) is 7.35. The minimum Gasteiger partial charge on any atom is -0.378 e. The molecule has 2 aromatic heterocycles. The van der Waals surface area contributed by atoms with Crippen LogP contribution in [-0.2, 0) is 56.4 Å². The Morgan fingerprint density at radius 1 is 0.860 bits per heavy atom. The van der Waals surface area contributed by atoms with Crippen molar-refractivity contribution < 1.29 is 44.3 Å². The van der Waals surface area contributed by atoms with Gasteiger partial charge >= 0.3 is 18.5 Å². The van der Waals surface area contributed by atoms with Gasteiger partial charge in [0.2, 0.25) is 0 Å². The molecule has 0 saturated carbocycles. The van der Waals surface area contributed by atoms with E-state index in [0.717, 1.165) is 26.7 Å². The maximum Gasteiger partial charge on any atom is 0.416 e. The highest BCUT2D eigenvalue weighted by molar-refractivity contribution is 7.12. The highest BCUT2D eigenvalue weighted by Crippen LogP contribution is 2.39. The van der Waals surface area contributed by atoms with Crippen LogP contribution in [0.5, 0.6) is 0 Å². The molecule has 0 amide bonds. The van der Waals surface area contributed by atoms with Gasteiger partial charge in [0.05, 0.1) is 36.0 Å². The van der Waals surface area contributed by atoms with Crippen LogP contribution in [0.15, 0.2) is 36.4 Å². The summed E-state index contributed by atoms with van der Waals surface area (Å²) < 4.78 is 128. The number of hydrogen-bond donors (Lipinski definition) is 0. The molecule has 0 aliphatic rings. The summed E-state index contributed by atoms with van der Waals surface area (Å²) in [5.74, 6) is -0.231. The first-order valence-electron chi connectivity index (χ1n) is 12.4. The quantitative estimate of drug-likeness (QED) is 0.179. The number of aryl methyl sites for hydroxylation is 2. The van der Waals surface area contributed by atoms with Crippen molar-refractivity contribution in [2.24, 2.45) is 7.05 Å². The first kappa shape index (κ1) is 32.2. The molecule has 0 spiro atoms. The SMILES string of the molecule is CCc1sc(COC)nc1-c1ccc(C(F)(F)F)cc1CN(Cc1cc(C(F)(F)F)cc(C(F)(F)F)c1)c1nnn(C)n1. The second kappa shape index (κ2) is 12.1. The van der Waals surface area contributed by atoms with E-state index < -0.39 is 53.9 Å². The Labute approximate surface area is 242 Å². The summed E-state index contributed by atoms with van der Waals surface area (Å²) in [5.41, 5.74) is -3.80. The molecule has 0 saturated heterocycles. The molecule has 7 nitrogen and oxygen atoms in total. The number of rotatable bonds is 9. The highest BCUT2D eigenvalue weighted by Gasteiger charge is 2.37. The van der Waals surface area contributed by atoms with Gasteiger partial charge in [-0.1, -0.05) is 18.1 Å². The molecule has 0 unspecified atom stereocenters. The zero-order valence-electron chi connectivity index (χ0n) is 22.7. The lowest BCUT2D eigenvalue weighted by Gasteiger charge is -2.24. The van der Waals surface area contributed by atoms with Crippen LogP contribution in [0.25, 0.3) is 11.3 Å². The van der Waals surface area contributed by atoms with E-state index in [1.165, 1.54) is 31.6 Å². The third kappa shape index (κ3) is 7.62. The Kier molecular flexibility index (Phi) is 9.06. The van der Waals surface area contributed by atoms with Crippen molar-refractivity contribution in [3.63, 3.8) is 0 Å². The Morgan fingerprint density at radius 2 is 1.49 bits per heavy atom. The van der Waals surface area contributed by atoms with Gasteiger partial charge in [-0.3, -0.25) is 0 Å². The lowest BCUT2D eigenvalue weighted by Crippen LogP contribution is -2.25. The van der Waals surface area contributed by atoms with Crippen molar-refractivity contribution in [2.45, 2.75) is 51.6 Å². The lowest BCUT2D eigenvalue weighted by molar-refractivity contribution is -0.143. The fourth-order valence-electron chi connectivity index (χ4n) is 4.30. The molecular weight excluding hydrogens is 615 g/mol. The molecule has 2 aromatic carbocycles. The number of aromatic nitrogens is 5. The number of alkyl halides is 9. The number of anilines is 1. The molecule has 0 atom stereocenters. The minimum absolute atomic E-state index is 0.00849.